The van der Waals surface area contributed by atoms with Crippen LogP contribution in [0.1, 0.15) is 30.3 Å². The molecule has 82 valence electrons. The van der Waals surface area contributed by atoms with Crippen LogP contribution in [0.25, 0.3) is 0 Å². The number of aromatic nitrogens is 3. The topological polar surface area (TPSA) is 61.9 Å². The minimum atomic E-state index is -0.0413. The Morgan fingerprint density at radius 1 is 1.67 bits per heavy atom. The molecular weight excluding hydrogens is 260 g/mol. The van der Waals surface area contributed by atoms with Crippen molar-refractivity contribution in [2.24, 2.45) is 0 Å². The first-order valence-electron chi connectivity index (χ1n) is 4.99. The molecule has 0 saturated carbocycles. The maximum Gasteiger partial charge on any atom is 0.276 e. The lowest BCUT2D eigenvalue weighted by atomic mass is 10.0. The highest BCUT2D eigenvalue weighted by Crippen LogP contribution is 2.23. The van der Waals surface area contributed by atoms with Crippen molar-refractivity contribution >= 4 is 21.8 Å². The molecule has 0 aliphatic carbocycles. The van der Waals surface area contributed by atoms with E-state index in [-0.39, 0.29) is 11.9 Å². The summed E-state index contributed by atoms with van der Waals surface area (Å²) in [6.45, 7) is 2.81. The Bertz CT molecular complexity index is 340. The maximum absolute atomic E-state index is 12.0. The number of piperidine rings is 1. The van der Waals surface area contributed by atoms with Crippen LogP contribution in [0.5, 0.6) is 0 Å². The maximum atomic E-state index is 12.0. The third kappa shape index (κ3) is 2.19. The van der Waals surface area contributed by atoms with Crippen molar-refractivity contribution in [1.29, 1.82) is 0 Å². The number of H-pyrrole nitrogens is 1. The first-order valence-corrected chi connectivity index (χ1v) is 5.91. The van der Waals surface area contributed by atoms with E-state index in [1.807, 2.05) is 4.90 Å². The molecule has 1 N–H and O–H groups in total. The second kappa shape index (κ2) is 4.30. The van der Waals surface area contributed by atoms with E-state index >= 15 is 0 Å². The summed E-state index contributed by atoms with van der Waals surface area (Å²) < 4.78 is 0. The van der Waals surface area contributed by atoms with Gasteiger partial charge in [-0.2, -0.15) is 15.4 Å². The standard InChI is InChI=1S/C9H13BrN4O/c1-6-2-3-7(10)5-14(6)9(15)8-4-11-13-12-8/h4,6-7H,2-3,5H2,1H3,(H,11,12,13). The zero-order valence-corrected chi connectivity index (χ0v) is 10.1. The number of aromatic amines is 1. The van der Waals surface area contributed by atoms with Crippen molar-refractivity contribution in [3.05, 3.63) is 11.9 Å². The number of alkyl halides is 1. The monoisotopic (exact) mass is 272 g/mol. The Kier molecular flexibility index (Phi) is 3.04. The third-order valence-corrected chi connectivity index (χ3v) is 3.47. The first kappa shape index (κ1) is 10.6. The Morgan fingerprint density at radius 3 is 3.13 bits per heavy atom. The van der Waals surface area contributed by atoms with Crippen LogP contribution in [0.4, 0.5) is 0 Å². The molecule has 1 aliphatic rings. The number of likely N-dealkylation sites (tertiary alicyclic amines) is 1. The molecule has 15 heavy (non-hydrogen) atoms. The molecule has 1 amide bonds. The summed E-state index contributed by atoms with van der Waals surface area (Å²) >= 11 is 3.55. The van der Waals surface area contributed by atoms with Gasteiger partial charge in [-0.15, -0.1) is 0 Å². The molecule has 1 aromatic rings. The lowest BCUT2D eigenvalue weighted by Crippen LogP contribution is -2.46. The smallest absolute Gasteiger partial charge is 0.276 e. The highest BCUT2D eigenvalue weighted by atomic mass is 79.9. The van der Waals surface area contributed by atoms with E-state index in [2.05, 4.69) is 38.3 Å². The van der Waals surface area contributed by atoms with Gasteiger partial charge in [0.15, 0.2) is 5.69 Å². The molecule has 2 unspecified atom stereocenters. The fraction of sp³-hybridized carbons (Fsp3) is 0.667. The SMILES string of the molecule is CC1CCC(Br)CN1C(=O)c1cn[nH]n1. The molecule has 5 nitrogen and oxygen atoms in total. The minimum absolute atomic E-state index is 0.0413. The van der Waals surface area contributed by atoms with Gasteiger partial charge in [0.2, 0.25) is 0 Å². The van der Waals surface area contributed by atoms with Crippen LogP contribution in [0.3, 0.4) is 0 Å². The summed E-state index contributed by atoms with van der Waals surface area (Å²) in [5, 5.41) is 9.91. The van der Waals surface area contributed by atoms with E-state index in [4.69, 9.17) is 0 Å². The van der Waals surface area contributed by atoms with Crippen molar-refractivity contribution in [1.82, 2.24) is 20.3 Å². The third-order valence-electron chi connectivity index (χ3n) is 2.72. The average Bonchev–Trinajstić information content (AvgIpc) is 2.74. The van der Waals surface area contributed by atoms with E-state index in [1.165, 1.54) is 6.20 Å². The molecule has 2 atom stereocenters. The van der Waals surface area contributed by atoms with Gasteiger partial charge in [0.05, 0.1) is 6.20 Å². The lowest BCUT2D eigenvalue weighted by Gasteiger charge is -2.35. The van der Waals surface area contributed by atoms with Gasteiger partial charge in [-0.05, 0) is 19.8 Å². The summed E-state index contributed by atoms with van der Waals surface area (Å²) in [6, 6.07) is 0.281. The second-order valence-corrected chi connectivity index (χ2v) is 5.13. The van der Waals surface area contributed by atoms with Gasteiger partial charge in [0, 0.05) is 17.4 Å². The predicted molar refractivity (Wildman–Crippen MR) is 58.8 cm³/mol. The highest BCUT2D eigenvalue weighted by molar-refractivity contribution is 9.09. The Labute approximate surface area is 96.4 Å². The van der Waals surface area contributed by atoms with Gasteiger partial charge in [-0.1, -0.05) is 15.9 Å². The number of halogens is 1. The van der Waals surface area contributed by atoms with Crippen molar-refractivity contribution < 1.29 is 4.79 Å². The number of nitrogens with one attached hydrogen (secondary N) is 1. The van der Waals surface area contributed by atoms with Crippen molar-refractivity contribution in [2.45, 2.75) is 30.6 Å². The quantitative estimate of drug-likeness (QED) is 0.782. The Balaban J connectivity index is 2.12. The number of carbonyl (C=O) groups excluding carboxylic acids is 1. The van der Waals surface area contributed by atoms with Crippen LogP contribution in [0.15, 0.2) is 6.20 Å². The number of rotatable bonds is 1. The van der Waals surface area contributed by atoms with E-state index in [1.54, 1.807) is 0 Å². The minimum Gasteiger partial charge on any atom is -0.333 e. The molecule has 2 rings (SSSR count). The summed E-state index contributed by atoms with van der Waals surface area (Å²) in [5.74, 6) is -0.0413. The van der Waals surface area contributed by atoms with Crippen LogP contribution < -0.4 is 0 Å². The van der Waals surface area contributed by atoms with Crippen molar-refractivity contribution in [3.8, 4) is 0 Å². The van der Waals surface area contributed by atoms with Crippen LogP contribution in [-0.4, -0.2) is 43.6 Å². The number of hydrogen-bond acceptors (Lipinski definition) is 3. The number of nitrogens with zero attached hydrogens (tertiary/aromatic N) is 3. The van der Waals surface area contributed by atoms with Gasteiger partial charge >= 0.3 is 0 Å². The van der Waals surface area contributed by atoms with Gasteiger partial charge in [-0.25, -0.2) is 0 Å². The first-order chi connectivity index (χ1) is 7.18. The predicted octanol–water partition coefficient (Wildman–Crippen LogP) is 1.19. The highest BCUT2D eigenvalue weighted by Gasteiger charge is 2.29. The van der Waals surface area contributed by atoms with Crippen molar-refractivity contribution in [3.63, 3.8) is 0 Å². The molecule has 0 radical (unpaired) electrons. The van der Waals surface area contributed by atoms with E-state index in [9.17, 15) is 4.79 Å². The summed E-state index contributed by atoms with van der Waals surface area (Å²) in [5.41, 5.74) is 0.392. The van der Waals surface area contributed by atoms with E-state index in [0.29, 0.717) is 10.5 Å². The van der Waals surface area contributed by atoms with E-state index in [0.717, 1.165) is 19.4 Å². The molecule has 0 spiro atoms. The Morgan fingerprint density at radius 2 is 2.47 bits per heavy atom. The molecular formula is C9H13BrN4O. The normalized spacial score (nSPS) is 26.7. The molecule has 2 heterocycles. The number of amides is 1. The number of carbonyl (C=O) groups is 1. The van der Waals surface area contributed by atoms with Crippen molar-refractivity contribution in [2.75, 3.05) is 6.54 Å². The molecule has 1 fully saturated rings. The summed E-state index contributed by atoms with van der Waals surface area (Å²) in [7, 11) is 0. The summed E-state index contributed by atoms with van der Waals surface area (Å²) in [6.07, 6.45) is 3.61. The molecule has 6 heteroatoms. The summed E-state index contributed by atoms with van der Waals surface area (Å²) in [4.78, 5) is 14.2. The van der Waals surface area contributed by atoms with Crippen LogP contribution >= 0.6 is 15.9 Å². The van der Waals surface area contributed by atoms with Gasteiger partial charge < -0.3 is 4.90 Å². The van der Waals surface area contributed by atoms with E-state index < -0.39 is 0 Å². The zero-order chi connectivity index (χ0) is 10.8. The Hall–Kier alpha value is -0.910. The van der Waals surface area contributed by atoms with Crippen LogP contribution in [-0.2, 0) is 0 Å². The molecule has 0 aromatic carbocycles. The molecule has 0 bridgehead atoms. The fourth-order valence-corrected chi connectivity index (χ4v) is 2.37. The second-order valence-electron chi connectivity index (χ2n) is 3.84. The van der Waals surface area contributed by atoms with Crippen LogP contribution in [0, 0.1) is 0 Å². The lowest BCUT2D eigenvalue weighted by molar-refractivity contribution is 0.0638. The average molecular weight is 273 g/mol. The molecule has 1 aliphatic heterocycles. The molecule has 1 saturated heterocycles. The largest absolute Gasteiger partial charge is 0.333 e. The fourth-order valence-electron chi connectivity index (χ4n) is 1.80. The van der Waals surface area contributed by atoms with Gasteiger partial charge in [0.1, 0.15) is 0 Å². The van der Waals surface area contributed by atoms with Gasteiger partial charge in [-0.3, -0.25) is 4.79 Å². The molecule has 1 aromatic heterocycles. The number of hydrogen-bond donors (Lipinski definition) is 1. The van der Waals surface area contributed by atoms with Crippen LogP contribution in [0.2, 0.25) is 0 Å². The van der Waals surface area contributed by atoms with Gasteiger partial charge in [0.25, 0.3) is 5.91 Å². The zero-order valence-electron chi connectivity index (χ0n) is 8.48.